The molecule has 0 atom stereocenters. The molecule has 1 aromatic heterocycles. The predicted molar refractivity (Wildman–Crippen MR) is 102 cm³/mol. The Morgan fingerprint density at radius 1 is 1.12 bits per heavy atom. The number of nitrogens with zero attached hydrogens (tertiary/aromatic N) is 3. The number of benzene rings is 2. The predicted octanol–water partition coefficient (Wildman–Crippen LogP) is 2.60. The molecule has 2 aromatic carbocycles. The smallest absolute Gasteiger partial charge is 0.239 e. The zero-order valence-electron chi connectivity index (χ0n) is 14.8. The van der Waals surface area contributed by atoms with Gasteiger partial charge in [-0.2, -0.15) is 0 Å². The number of carbonyl (C=O) groups excluding carboxylic acids is 1. The molecule has 0 bridgehead atoms. The van der Waals surface area contributed by atoms with Crippen LogP contribution in [-0.2, 0) is 9.53 Å². The average molecular weight is 350 g/mol. The van der Waals surface area contributed by atoms with Gasteiger partial charge in [-0.25, -0.2) is 4.68 Å². The van der Waals surface area contributed by atoms with E-state index in [2.05, 4.69) is 39.6 Å². The Bertz CT molecular complexity index is 928. The summed E-state index contributed by atoms with van der Waals surface area (Å²) in [6.07, 6.45) is 0. The number of fused-ring (bicyclic) bond motifs is 1. The molecule has 3 aromatic rings. The molecule has 134 valence electrons. The highest BCUT2D eigenvalue weighted by atomic mass is 16.5. The van der Waals surface area contributed by atoms with Crippen LogP contribution in [0.15, 0.2) is 48.5 Å². The standard InChI is InChI=1S/C20H22N4O2/c1-15-12-19(21-20(25)14-23-8-10-26-11-9-23)22-24(15)18-7-6-16-4-2-3-5-17(16)13-18/h2-7,12-13H,8-11,14H2,1H3,(H,21,22,25). The van der Waals surface area contributed by atoms with Crippen LogP contribution in [0, 0.1) is 6.92 Å². The van der Waals surface area contributed by atoms with E-state index >= 15 is 0 Å². The Hall–Kier alpha value is -2.70. The largest absolute Gasteiger partial charge is 0.379 e. The Kier molecular flexibility index (Phi) is 4.69. The van der Waals surface area contributed by atoms with Gasteiger partial charge in [0.2, 0.25) is 5.91 Å². The fraction of sp³-hybridized carbons (Fsp3) is 0.300. The molecule has 1 saturated heterocycles. The molecule has 0 spiro atoms. The number of hydrogen-bond acceptors (Lipinski definition) is 4. The third kappa shape index (κ3) is 3.61. The highest BCUT2D eigenvalue weighted by Gasteiger charge is 2.15. The Labute approximate surface area is 152 Å². The molecule has 0 unspecified atom stereocenters. The van der Waals surface area contributed by atoms with Crippen LogP contribution in [0.2, 0.25) is 0 Å². The van der Waals surface area contributed by atoms with Crippen molar-refractivity contribution >= 4 is 22.5 Å². The molecular formula is C20H22N4O2. The lowest BCUT2D eigenvalue weighted by Crippen LogP contribution is -2.41. The number of rotatable bonds is 4. The van der Waals surface area contributed by atoms with Gasteiger partial charge < -0.3 is 10.1 Å². The second-order valence-corrected chi connectivity index (χ2v) is 6.55. The number of aryl methyl sites for hydroxylation is 1. The highest BCUT2D eigenvalue weighted by Crippen LogP contribution is 2.20. The first-order valence-electron chi connectivity index (χ1n) is 8.85. The van der Waals surface area contributed by atoms with E-state index in [1.807, 2.05) is 35.9 Å². The van der Waals surface area contributed by atoms with Crippen molar-refractivity contribution in [3.8, 4) is 5.69 Å². The maximum Gasteiger partial charge on any atom is 0.239 e. The number of anilines is 1. The van der Waals surface area contributed by atoms with Gasteiger partial charge in [0, 0.05) is 24.8 Å². The summed E-state index contributed by atoms with van der Waals surface area (Å²) in [5, 5.41) is 9.82. The summed E-state index contributed by atoms with van der Waals surface area (Å²) in [6.45, 7) is 5.30. The molecule has 1 amide bonds. The molecule has 1 fully saturated rings. The van der Waals surface area contributed by atoms with Gasteiger partial charge in [0.15, 0.2) is 5.82 Å². The lowest BCUT2D eigenvalue weighted by molar-refractivity contribution is -0.118. The normalized spacial score (nSPS) is 15.3. The molecule has 0 radical (unpaired) electrons. The van der Waals surface area contributed by atoms with Crippen LogP contribution >= 0.6 is 0 Å². The number of ether oxygens (including phenoxy) is 1. The molecule has 1 N–H and O–H groups in total. The summed E-state index contributed by atoms with van der Waals surface area (Å²) in [6, 6.07) is 16.4. The molecule has 26 heavy (non-hydrogen) atoms. The van der Waals surface area contributed by atoms with Crippen molar-refractivity contribution in [2.45, 2.75) is 6.92 Å². The first-order valence-corrected chi connectivity index (χ1v) is 8.85. The van der Waals surface area contributed by atoms with Crippen molar-refractivity contribution < 1.29 is 9.53 Å². The zero-order valence-corrected chi connectivity index (χ0v) is 14.8. The van der Waals surface area contributed by atoms with Gasteiger partial charge in [0.25, 0.3) is 0 Å². The summed E-state index contributed by atoms with van der Waals surface area (Å²) >= 11 is 0. The summed E-state index contributed by atoms with van der Waals surface area (Å²) in [4.78, 5) is 14.4. The van der Waals surface area contributed by atoms with Crippen molar-refractivity contribution in [2.24, 2.45) is 0 Å². The Balaban J connectivity index is 1.50. The molecule has 4 rings (SSSR count). The van der Waals surface area contributed by atoms with Gasteiger partial charge in [-0.05, 0) is 29.8 Å². The monoisotopic (exact) mass is 350 g/mol. The van der Waals surface area contributed by atoms with E-state index in [0.29, 0.717) is 25.6 Å². The SMILES string of the molecule is Cc1cc(NC(=O)CN2CCOCC2)nn1-c1ccc2ccccc2c1. The van der Waals surface area contributed by atoms with Gasteiger partial charge in [0.1, 0.15) is 0 Å². The Morgan fingerprint density at radius 2 is 1.88 bits per heavy atom. The van der Waals surface area contributed by atoms with E-state index in [-0.39, 0.29) is 5.91 Å². The lowest BCUT2D eigenvalue weighted by atomic mass is 10.1. The van der Waals surface area contributed by atoms with Crippen molar-refractivity contribution in [1.29, 1.82) is 0 Å². The van der Waals surface area contributed by atoms with Crippen LogP contribution < -0.4 is 5.32 Å². The molecule has 1 aliphatic rings. The number of morpholine rings is 1. The third-order valence-corrected chi connectivity index (χ3v) is 4.60. The van der Waals surface area contributed by atoms with Crippen molar-refractivity contribution in [1.82, 2.24) is 14.7 Å². The minimum atomic E-state index is -0.0462. The minimum Gasteiger partial charge on any atom is -0.379 e. The van der Waals surface area contributed by atoms with Crippen molar-refractivity contribution in [3.05, 3.63) is 54.2 Å². The second-order valence-electron chi connectivity index (χ2n) is 6.55. The second kappa shape index (κ2) is 7.27. The summed E-state index contributed by atoms with van der Waals surface area (Å²) in [5.74, 6) is 0.531. The van der Waals surface area contributed by atoms with Gasteiger partial charge in [-0.15, -0.1) is 5.10 Å². The number of amides is 1. The number of carbonyl (C=O) groups is 1. The van der Waals surface area contributed by atoms with Crippen LogP contribution in [0.5, 0.6) is 0 Å². The lowest BCUT2D eigenvalue weighted by Gasteiger charge is -2.25. The van der Waals surface area contributed by atoms with E-state index in [1.165, 1.54) is 5.39 Å². The van der Waals surface area contributed by atoms with Crippen LogP contribution in [0.1, 0.15) is 5.69 Å². The van der Waals surface area contributed by atoms with Crippen LogP contribution in [0.3, 0.4) is 0 Å². The molecule has 0 saturated carbocycles. The van der Waals surface area contributed by atoms with E-state index in [0.717, 1.165) is 29.9 Å². The van der Waals surface area contributed by atoms with Gasteiger partial charge in [-0.3, -0.25) is 9.69 Å². The summed E-state index contributed by atoms with van der Waals surface area (Å²) in [5.41, 5.74) is 1.96. The van der Waals surface area contributed by atoms with Gasteiger partial charge >= 0.3 is 0 Å². The van der Waals surface area contributed by atoms with Crippen LogP contribution in [0.25, 0.3) is 16.5 Å². The Morgan fingerprint density at radius 3 is 2.69 bits per heavy atom. The fourth-order valence-electron chi connectivity index (χ4n) is 3.25. The molecule has 6 nitrogen and oxygen atoms in total. The molecule has 2 heterocycles. The molecule has 1 aliphatic heterocycles. The van der Waals surface area contributed by atoms with Crippen LogP contribution in [0.4, 0.5) is 5.82 Å². The zero-order chi connectivity index (χ0) is 17.9. The van der Waals surface area contributed by atoms with Crippen molar-refractivity contribution in [2.75, 3.05) is 38.2 Å². The topological polar surface area (TPSA) is 59.4 Å². The maximum atomic E-state index is 12.3. The molecule has 6 heteroatoms. The number of aromatic nitrogens is 2. The minimum absolute atomic E-state index is 0.0462. The first kappa shape index (κ1) is 16.8. The highest BCUT2D eigenvalue weighted by molar-refractivity contribution is 5.91. The van der Waals surface area contributed by atoms with E-state index in [1.54, 1.807) is 0 Å². The van der Waals surface area contributed by atoms with E-state index in [4.69, 9.17) is 4.74 Å². The summed E-state index contributed by atoms with van der Waals surface area (Å²) in [7, 11) is 0. The average Bonchev–Trinajstić information content (AvgIpc) is 3.02. The van der Waals surface area contributed by atoms with E-state index < -0.39 is 0 Å². The molecule has 0 aliphatic carbocycles. The van der Waals surface area contributed by atoms with Gasteiger partial charge in [-0.1, -0.05) is 30.3 Å². The summed E-state index contributed by atoms with van der Waals surface area (Å²) < 4.78 is 7.17. The van der Waals surface area contributed by atoms with E-state index in [9.17, 15) is 4.79 Å². The van der Waals surface area contributed by atoms with Gasteiger partial charge in [0.05, 0.1) is 25.4 Å². The quantitative estimate of drug-likeness (QED) is 0.786. The number of hydrogen-bond donors (Lipinski definition) is 1. The third-order valence-electron chi connectivity index (χ3n) is 4.60. The van der Waals surface area contributed by atoms with Crippen LogP contribution in [-0.4, -0.2) is 53.4 Å². The van der Waals surface area contributed by atoms with Crippen molar-refractivity contribution in [3.63, 3.8) is 0 Å². The molecular weight excluding hydrogens is 328 g/mol. The number of nitrogens with one attached hydrogen (secondary N) is 1. The maximum absolute atomic E-state index is 12.3. The first-order chi connectivity index (χ1) is 12.7. The fourth-order valence-corrected chi connectivity index (χ4v) is 3.25.